The first-order chi connectivity index (χ1) is 11.9. The van der Waals surface area contributed by atoms with Crippen LogP contribution in [0, 0.1) is 0 Å². The van der Waals surface area contributed by atoms with Crippen LogP contribution in [0.4, 0.5) is 4.79 Å². The predicted molar refractivity (Wildman–Crippen MR) is 101 cm³/mol. The van der Waals surface area contributed by atoms with Gasteiger partial charge in [0.2, 0.25) is 0 Å². The van der Waals surface area contributed by atoms with Crippen LogP contribution in [0.2, 0.25) is 15.1 Å². The number of amides is 1. The first kappa shape index (κ1) is 19.7. The zero-order valence-corrected chi connectivity index (χ0v) is 15.9. The second-order valence-corrected chi connectivity index (χ2v) is 6.62. The minimum atomic E-state index is -0.964. The van der Waals surface area contributed by atoms with Gasteiger partial charge in [-0.2, -0.15) is 0 Å². The lowest BCUT2D eigenvalue weighted by Crippen LogP contribution is -2.33. The third kappa shape index (κ3) is 5.70. The number of carboxylic acid groups (broad SMARTS) is 1. The van der Waals surface area contributed by atoms with Gasteiger partial charge in [-0.15, -0.1) is 0 Å². The van der Waals surface area contributed by atoms with Crippen molar-refractivity contribution < 1.29 is 14.6 Å². The van der Waals surface area contributed by atoms with Gasteiger partial charge in [0.15, 0.2) is 0 Å². The van der Waals surface area contributed by atoms with Crippen LogP contribution in [0.1, 0.15) is 18.1 Å². The molecule has 0 aliphatic carbocycles. The normalized spacial score (nSPS) is 10.6. The van der Waals surface area contributed by atoms with Gasteiger partial charge in [0, 0.05) is 6.54 Å². The fraction of sp³-hybridized carbons (Fsp3) is 0.278. The van der Waals surface area contributed by atoms with Crippen molar-refractivity contribution in [2.24, 2.45) is 0 Å². The van der Waals surface area contributed by atoms with Crippen LogP contribution in [-0.4, -0.2) is 35.8 Å². The molecule has 0 unspecified atom stereocenters. The van der Waals surface area contributed by atoms with Gasteiger partial charge < -0.3 is 14.7 Å². The van der Waals surface area contributed by atoms with Crippen LogP contribution in [0.15, 0.2) is 36.4 Å². The molecule has 0 aliphatic rings. The van der Waals surface area contributed by atoms with E-state index < -0.39 is 6.09 Å². The molecule has 2 aromatic rings. The Morgan fingerprint density at radius 3 is 2.24 bits per heavy atom. The molecule has 0 atom stereocenters. The number of nitrogens with zero attached hydrogens (tertiary/aromatic N) is 1. The van der Waals surface area contributed by atoms with E-state index in [0.29, 0.717) is 33.8 Å². The Labute approximate surface area is 161 Å². The van der Waals surface area contributed by atoms with E-state index in [1.165, 1.54) is 4.90 Å². The molecule has 2 rings (SSSR count). The van der Waals surface area contributed by atoms with Crippen LogP contribution < -0.4 is 4.74 Å². The smallest absolute Gasteiger partial charge is 0.407 e. The van der Waals surface area contributed by atoms with Gasteiger partial charge in [-0.1, -0.05) is 46.9 Å². The third-order valence-electron chi connectivity index (χ3n) is 3.66. The monoisotopic (exact) mass is 401 g/mol. The quantitative estimate of drug-likeness (QED) is 0.654. The Bertz CT molecular complexity index is 752. The number of hydrogen-bond acceptors (Lipinski definition) is 2. The van der Waals surface area contributed by atoms with Crippen LogP contribution in [0.3, 0.4) is 0 Å². The highest BCUT2D eigenvalue weighted by Gasteiger charge is 2.10. The molecule has 1 amide bonds. The topological polar surface area (TPSA) is 49.8 Å². The third-order valence-corrected chi connectivity index (χ3v) is 4.69. The number of carbonyl (C=O) groups is 1. The largest absolute Gasteiger partial charge is 0.490 e. The van der Waals surface area contributed by atoms with Crippen molar-refractivity contribution in [2.75, 3.05) is 19.7 Å². The molecular weight excluding hydrogens is 385 g/mol. The van der Waals surface area contributed by atoms with Crippen molar-refractivity contribution in [2.45, 2.75) is 13.3 Å². The van der Waals surface area contributed by atoms with E-state index in [9.17, 15) is 4.79 Å². The fourth-order valence-corrected chi connectivity index (χ4v) is 2.89. The highest BCUT2D eigenvalue weighted by atomic mass is 35.5. The molecule has 25 heavy (non-hydrogen) atoms. The maximum absolute atomic E-state index is 10.9. The second kappa shape index (κ2) is 9.18. The molecule has 0 heterocycles. The van der Waals surface area contributed by atoms with E-state index in [-0.39, 0.29) is 13.2 Å². The van der Waals surface area contributed by atoms with Crippen molar-refractivity contribution in [1.82, 2.24) is 4.90 Å². The Morgan fingerprint density at radius 2 is 1.68 bits per heavy atom. The molecule has 2 aromatic carbocycles. The Kier molecular flexibility index (Phi) is 7.24. The van der Waals surface area contributed by atoms with E-state index in [0.717, 1.165) is 11.1 Å². The average molecular weight is 403 g/mol. The first-order valence-electron chi connectivity index (χ1n) is 7.73. The lowest BCUT2D eigenvalue weighted by atomic mass is 10.1. The lowest BCUT2D eigenvalue weighted by Gasteiger charge is -2.17. The molecule has 0 fully saturated rings. The maximum atomic E-state index is 10.9. The summed E-state index contributed by atoms with van der Waals surface area (Å²) in [5.74, 6) is 0.529. The summed E-state index contributed by atoms with van der Waals surface area (Å²) >= 11 is 18.2. The summed E-state index contributed by atoms with van der Waals surface area (Å²) in [7, 11) is 0. The average Bonchev–Trinajstić information content (AvgIpc) is 2.56. The molecule has 0 saturated carbocycles. The fourth-order valence-electron chi connectivity index (χ4n) is 2.31. The molecule has 0 radical (unpaired) electrons. The number of benzene rings is 2. The minimum absolute atomic E-state index is 0.242. The molecule has 0 aromatic heterocycles. The summed E-state index contributed by atoms with van der Waals surface area (Å²) in [5.41, 5.74) is 2.04. The summed E-state index contributed by atoms with van der Waals surface area (Å²) < 4.78 is 5.58. The van der Waals surface area contributed by atoms with E-state index in [4.69, 9.17) is 44.6 Å². The van der Waals surface area contributed by atoms with Gasteiger partial charge in [0.05, 0.1) is 21.6 Å². The Balaban J connectivity index is 1.97. The van der Waals surface area contributed by atoms with Crippen molar-refractivity contribution in [3.63, 3.8) is 0 Å². The Hall–Kier alpha value is -1.62. The summed E-state index contributed by atoms with van der Waals surface area (Å²) in [6.07, 6.45) is -0.298. The zero-order valence-electron chi connectivity index (χ0n) is 13.6. The van der Waals surface area contributed by atoms with Gasteiger partial charge in [-0.05, 0) is 48.7 Å². The van der Waals surface area contributed by atoms with Crippen molar-refractivity contribution in [1.29, 1.82) is 0 Å². The van der Waals surface area contributed by atoms with Crippen LogP contribution >= 0.6 is 34.8 Å². The van der Waals surface area contributed by atoms with Crippen molar-refractivity contribution in [3.8, 4) is 5.75 Å². The maximum Gasteiger partial charge on any atom is 0.407 e. The van der Waals surface area contributed by atoms with Crippen molar-refractivity contribution in [3.05, 3.63) is 62.6 Å². The summed E-state index contributed by atoms with van der Waals surface area (Å²) in [5, 5.41) is 10.5. The molecular formula is C18H18Cl3NO3. The first-order valence-corrected chi connectivity index (χ1v) is 8.87. The summed E-state index contributed by atoms with van der Waals surface area (Å²) in [6.45, 7) is 2.72. The number of likely N-dealkylation sites (N-methyl/N-ethyl adjacent to an activating group) is 1. The summed E-state index contributed by atoms with van der Waals surface area (Å²) in [4.78, 5) is 12.2. The molecule has 0 saturated heterocycles. The van der Waals surface area contributed by atoms with E-state index in [2.05, 4.69) is 0 Å². The highest BCUT2D eigenvalue weighted by Crippen LogP contribution is 2.28. The van der Waals surface area contributed by atoms with Crippen LogP contribution in [-0.2, 0) is 6.42 Å². The van der Waals surface area contributed by atoms with Gasteiger partial charge in [-0.3, -0.25) is 0 Å². The molecule has 0 aliphatic heterocycles. The van der Waals surface area contributed by atoms with Gasteiger partial charge in [0.25, 0.3) is 0 Å². The predicted octanol–water partition coefficient (Wildman–Crippen LogP) is 5.62. The molecule has 134 valence electrons. The van der Waals surface area contributed by atoms with E-state index in [1.54, 1.807) is 19.1 Å². The SMILES string of the molecule is CCN(CCOc1ccc(Cc2ccc(Cl)c(Cl)c2)cc1Cl)C(=O)O. The Morgan fingerprint density at radius 1 is 1.04 bits per heavy atom. The standard InChI is InChI=1S/C18H18Cl3NO3/c1-2-22(18(23)24)7-8-25-17-6-4-13(11-16(17)21)9-12-3-5-14(19)15(20)10-12/h3-6,10-11H,2,7-9H2,1H3,(H,23,24). The number of rotatable bonds is 7. The summed E-state index contributed by atoms with van der Waals surface area (Å²) in [6, 6.07) is 11.0. The number of halogens is 3. The second-order valence-electron chi connectivity index (χ2n) is 5.40. The van der Waals surface area contributed by atoms with Gasteiger partial charge in [0.1, 0.15) is 12.4 Å². The highest BCUT2D eigenvalue weighted by molar-refractivity contribution is 6.42. The van der Waals surface area contributed by atoms with Crippen LogP contribution in [0.25, 0.3) is 0 Å². The van der Waals surface area contributed by atoms with Crippen molar-refractivity contribution >= 4 is 40.9 Å². The molecule has 0 spiro atoms. The number of ether oxygens (including phenoxy) is 1. The minimum Gasteiger partial charge on any atom is -0.490 e. The van der Waals surface area contributed by atoms with Gasteiger partial charge >= 0.3 is 6.09 Å². The molecule has 4 nitrogen and oxygen atoms in total. The molecule has 0 bridgehead atoms. The zero-order chi connectivity index (χ0) is 18.4. The molecule has 1 N–H and O–H groups in total. The van der Waals surface area contributed by atoms with Gasteiger partial charge in [-0.25, -0.2) is 4.79 Å². The lowest BCUT2D eigenvalue weighted by molar-refractivity contribution is 0.138. The number of hydrogen-bond donors (Lipinski definition) is 1. The van der Waals surface area contributed by atoms with E-state index >= 15 is 0 Å². The molecule has 7 heteroatoms. The van der Waals surface area contributed by atoms with E-state index in [1.807, 2.05) is 24.3 Å². The van der Waals surface area contributed by atoms with Crippen LogP contribution in [0.5, 0.6) is 5.75 Å².